The van der Waals surface area contributed by atoms with E-state index in [0.29, 0.717) is 38.1 Å². The fraction of sp³-hybridized carbons (Fsp3) is 0.500. The summed E-state index contributed by atoms with van der Waals surface area (Å²) in [4.78, 5) is 18.5. The minimum Gasteiger partial charge on any atom is -0.484 e. The molecular formula is C22H25F3N2O2S. The summed E-state index contributed by atoms with van der Waals surface area (Å²) in [5.74, 6) is -3.39. The standard InChI is InChI=1S/C22H25F3N2O2S/c23-16-12-19(24)21(20(25)13-16)29-17-5-9-27(10-6-17)22(28)15-3-7-26(8-4-15)14-18-2-1-11-30-18/h1-2,11-13,15,17H,3-10,14H2. The molecule has 8 heteroatoms. The van der Waals surface area contributed by atoms with Gasteiger partial charge in [-0.2, -0.15) is 0 Å². The Morgan fingerprint density at radius 3 is 2.30 bits per heavy atom. The molecule has 0 N–H and O–H groups in total. The van der Waals surface area contributed by atoms with E-state index in [4.69, 9.17) is 4.74 Å². The fourth-order valence-electron chi connectivity index (χ4n) is 4.22. The molecule has 0 aliphatic carbocycles. The number of halogens is 3. The maximum Gasteiger partial charge on any atom is 0.225 e. The van der Waals surface area contributed by atoms with Gasteiger partial charge in [0.25, 0.3) is 0 Å². The number of benzene rings is 1. The van der Waals surface area contributed by atoms with E-state index in [2.05, 4.69) is 22.4 Å². The second kappa shape index (κ2) is 9.39. The van der Waals surface area contributed by atoms with E-state index < -0.39 is 29.3 Å². The van der Waals surface area contributed by atoms with Crippen LogP contribution in [0.3, 0.4) is 0 Å². The van der Waals surface area contributed by atoms with Crippen molar-refractivity contribution >= 4 is 17.2 Å². The number of amides is 1. The first-order valence-electron chi connectivity index (χ1n) is 10.3. The van der Waals surface area contributed by atoms with Gasteiger partial charge in [-0.1, -0.05) is 6.07 Å². The van der Waals surface area contributed by atoms with E-state index in [1.165, 1.54) is 4.88 Å². The molecule has 2 aliphatic heterocycles. The molecular weight excluding hydrogens is 413 g/mol. The quantitative estimate of drug-likeness (QED) is 0.692. The zero-order valence-electron chi connectivity index (χ0n) is 16.7. The fourth-order valence-corrected chi connectivity index (χ4v) is 4.97. The molecule has 3 heterocycles. The molecule has 1 aromatic carbocycles. The first-order valence-corrected chi connectivity index (χ1v) is 11.2. The van der Waals surface area contributed by atoms with Gasteiger partial charge in [0.2, 0.25) is 5.91 Å². The number of nitrogens with zero attached hydrogens (tertiary/aromatic N) is 2. The number of likely N-dealkylation sites (tertiary alicyclic amines) is 2. The van der Waals surface area contributed by atoms with Gasteiger partial charge in [0.15, 0.2) is 17.4 Å². The summed E-state index contributed by atoms with van der Waals surface area (Å²) in [5, 5.41) is 2.08. The smallest absolute Gasteiger partial charge is 0.225 e. The van der Waals surface area contributed by atoms with Gasteiger partial charge in [0.1, 0.15) is 11.9 Å². The topological polar surface area (TPSA) is 32.8 Å². The van der Waals surface area contributed by atoms with Crippen molar-refractivity contribution in [2.45, 2.75) is 38.3 Å². The van der Waals surface area contributed by atoms with Crippen molar-refractivity contribution in [2.24, 2.45) is 5.92 Å². The average molecular weight is 439 g/mol. The molecule has 0 atom stereocenters. The predicted molar refractivity (Wildman–Crippen MR) is 109 cm³/mol. The predicted octanol–water partition coefficient (Wildman–Crippen LogP) is 4.45. The third-order valence-corrected chi connectivity index (χ3v) is 6.76. The van der Waals surface area contributed by atoms with E-state index in [-0.39, 0.29) is 11.8 Å². The molecule has 0 spiro atoms. The molecule has 4 rings (SSSR count). The lowest BCUT2D eigenvalue weighted by Crippen LogP contribution is -2.47. The maximum absolute atomic E-state index is 13.8. The van der Waals surface area contributed by atoms with Crippen LogP contribution in [0, 0.1) is 23.4 Å². The summed E-state index contributed by atoms with van der Waals surface area (Å²) in [6, 6.07) is 5.42. The Morgan fingerprint density at radius 2 is 1.70 bits per heavy atom. The van der Waals surface area contributed by atoms with Crippen molar-refractivity contribution in [2.75, 3.05) is 26.2 Å². The number of hydrogen-bond acceptors (Lipinski definition) is 4. The highest BCUT2D eigenvalue weighted by Crippen LogP contribution is 2.28. The highest BCUT2D eigenvalue weighted by Gasteiger charge is 2.32. The molecule has 2 fully saturated rings. The van der Waals surface area contributed by atoms with Gasteiger partial charge in [0, 0.05) is 55.4 Å². The molecule has 2 saturated heterocycles. The maximum atomic E-state index is 13.8. The van der Waals surface area contributed by atoms with E-state index in [1.54, 1.807) is 11.3 Å². The summed E-state index contributed by atoms with van der Waals surface area (Å²) >= 11 is 1.76. The SMILES string of the molecule is O=C(C1CCN(Cc2cccs2)CC1)N1CCC(Oc2c(F)cc(F)cc2F)CC1. The van der Waals surface area contributed by atoms with Gasteiger partial charge < -0.3 is 9.64 Å². The van der Waals surface area contributed by atoms with Crippen LogP contribution in [0.15, 0.2) is 29.6 Å². The first-order chi connectivity index (χ1) is 14.5. The van der Waals surface area contributed by atoms with Crippen molar-refractivity contribution in [1.29, 1.82) is 0 Å². The van der Waals surface area contributed by atoms with E-state index >= 15 is 0 Å². The lowest BCUT2D eigenvalue weighted by Gasteiger charge is -2.37. The minimum absolute atomic E-state index is 0.0361. The Balaban J connectivity index is 1.24. The van der Waals surface area contributed by atoms with Crippen LogP contribution >= 0.6 is 11.3 Å². The third kappa shape index (κ3) is 4.98. The molecule has 4 nitrogen and oxygen atoms in total. The highest BCUT2D eigenvalue weighted by molar-refractivity contribution is 7.09. The Bertz CT molecular complexity index is 838. The van der Waals surface area contributed by atoms with E-state index in [9.17, 15) is 18.0 Å². The van der Waals surface area contributed by atoms with Crippen LogP contribution in [0.2, 0.25) is 0 Å². The van der Waals surface area contributed by atoms with E-state index in [1.807, 2.05) is 4.90 Å². The Hall–Kier alpha value is -2.06. The molecule has 1 amide bonds. The molecule has 30 heavy (non-hydrogen) atoms. The lowest BCUT2D eigenvalue weighted by molar-refractivity contribution is -0.139. The number of piperidine rings is 2. The largest absolute Gasteiger partial charge is 0.484 e. The molecule has 0 saturated carbocycles. The molecule has 0 radical (unpaired) electrons. The minimum atomic E-state index is -1.04. The van der Waals surface area contributed by atoms with Crippen LogP contribution in [0.4, 0.5) is 13.2 Å². The van der Waals surface area contributed by atoms with Gasteiger partial charge >= 0.3 is 0 Å². The van der Waals surface area contributed by atoms with Crippen molar-refractivity contribution in [1.82, 2.24) is 9.80 Å². The highest BCUT2D eigenvalue weighted by atomic mass is 32.1. The molecule has 2 aromatic rings. The lowest BCUT2D eigenvalue weighted by atomic mass is 9.94. The second-order valence-corrected chi connectivity index (χ2v) is 9.00. The Labute approximate surface area is 178 Å². The Morgan fingerprint density at radius 1 is 1.03 bits per heavy atom. The number of ether oxygens (including phenoxy) is 1. The van der Waals surface area contributed by atoms with Crippen LogP contribution < -0.4 is 4.74 Å². The molecule has 2 aliphatic rings. The number of carbonyl (C=O) groups is 1. The van der Waals surface area contributed by atoms with Crippen LogP contribution in [-0.2, 0) is 11.3 Å². The molecule has 1 aromatic heterocycles. The van der Waals surface area contributed by atoms with Gasteiger partial charge in [-0.15, -0.1) is 11.3 Å². The third-order valence-electron chi connectivity index (χ3n) is 5.90. The molecule has 162 valence electrons. The van der Waals surface area contributed by atoms with Gasteiger partial charge in [-0.05, 0) is 37.4 Å². The molecule has 0 unspecified atom stereocenters. The van der Waals surface area contributed by atoms with Crippen molar-refractivity contribution in [3.63, 3.8) is 0 Å². The van der Waals surface area contributed by atoms with Crippen LogP contribution in [0.5, 0.6) is 5.75 Å². The number of carbonyl (C=O) groups excluding carboxylic acids is 1. The first kappa shape index (κ1) is 21.2. The van der Waals surface area contributed by atoms with Crippen molar-refractivity contribution < 1.29 is 22.7 Å². The number of hydrogen-bond donors (Lipinski definition) is 0. The summed E-state index contributed by atoms with van der Waals surface area (Å²) in [7, 11) is 0. The summed E-state index contributed by atoms with van der Waals surface area (Å²) < 4.78 is 46.1. The number of rotatable bonds is 5. The zero-order chi connectivity index (χ0) is 21.1. The average Bonchev–Trinajstić information content (AvgIpc) is 3.24. The van der Waals surface area contributed by atoms with Crippen LogP contribution in [0.25, 0.3) is 0 Å². The van der Waals surface area contributed by atoms with Gasteiger partial charge in [-0.3, -0.25) is 9.69 Å². The van der Waals surface area contributed by atoms with Crippen molar-refractivity contribution in [3.05, 3.63) is 52.0 Å². The Kier molecular flexibility index (Phi) is 6.63. The summed E-state index contributed by atoms with van der Waals surface area (Å²) in [6.07, 6.45) is 2.31. The van der Waals surface area contributed by atoms with E-state index in [0.717, 1.165) is 32.5 Å². The van der Waals surface area contributed by atoms with Crippen molar-refractivity contribution in [3.8, 4) is 5.75 Å². The van der Waals surface area contributed by atoms with Gasteiger partial charge in [0.05, 0.1) is 0 Å². The summed E-state index contributed by atoms with van der Waals surface area (Å²) in [6.45, 7) is 3.78. The summed E-state index contributed by atoms with van der Waals surface area (Å²) in [5.41, 5.74) is 0. The second-order valence-electron chi connectivity index (χ2n) is 7.97. The normalized spacial score (nSPS) is 19.2. The van der Waals surface area contributed by atoms with Crippen LogP contribution in [-0.4, -0.2) is 48.0 Å². The zero-order valence-corrected chi connectivity index (χ0v) is 17.5. The molecule has 0 bridgehead atoms. The monoisotopic (exact) mass is 438 g/mol. The van der Waals surface area contributed by atoms with Crippen LogP contribution in [0.1, 0.15) is 30.6 Å². The van der Waals surface area contributed by atoms with Gasteiger partial charge in [-0.25, -0.2) is 13.2 Å². The number of thiophene rings is 1.